The minimum atomic E-state index is 0. The Morgan fingerprint density at radius 3 is 2.73 bits per heavy atom. The molecule has 1 aromatic rings. The van der Waals surface area contributed by atoms with Crippen molar-refractivity contribution in [1.82, 2.24) is 10.2 Å². The molecule has 1 heterocycles. The zero-order valence-electron chi connectivity index (χ0n) is 13.1. The van der Waals surface area contributed by atoms with Crippen LogP contribution in [0.15, 0.2) is 12.1 Å². The molecule has 0 bridgehead atoms. The monoisotopic (exact) mass is 458 g/mol. The van der Waals surface area contributed by atoms with E-state index in [0.29, 0.717) is 6.04 Å². The van der Waals surface area contributed by atoms with Crippen molar-refractivity contribution >= 4 is 47.4 Å². The number of hydrogen-bond acceptors (Lipinski definition) is 3. The largest absolute Gasteiger partial charge is 0.496 e. The predicted molar refractivity (Wildman–Crippen MR) is 105 cm³/mol. The van der Waals surface area contributed by atoms with Gasteiger partial charge in [-0.25, -0.2) is 0 Å². The highest BCUT2D eigenvalue weighted by Crippen LogP contribution is 2.37. The third kappa shape index (κ3) is 4.01. The molecule has 2 aliphatic rings. The van der Waals surface area contributed by atoms with Crippen molar-refractivity contribution in [3.63, 3.8) is 0 Å². The molecule has 1 saturated heterocycles. The van der Waals surface area contributed by atoms with Gasteiger partial charge in [-0.3, -0.25) is 0 Å². The van der Waals surface area contributed by atoms with Crippen LogP contribution in [0.4, 0.5) is 0 Å². The van der Waals surface area contributed by atoms with Gasteiger partial charge in [0.25, 0.3) is 0 Å². The van der Waals surface area contributed by atoms with E-state index in [1.807, 2.05) is 0 Å². The van der Waals surface area contributed by atoms with Gasteiger partial charge in [0.05, 0.1) is 7.11 Å². The summed E-state index contributed by atoms with van der Waals surface area (Å²) in [5.41, 5.74) is 2.97. The molecule has 0 amide bonds. The summed E-state index contributed by atoms with van der Waals surface area (Å²) in [7, 11) is 4.06. The minimum Gasteiger partial charge on any atom is -0.496 e. The average Bonchev–Trinajstić information content (AvgIpc) is 2.48. The molecule has 2 unspecified atom stereocenters. The summed E-state index contributed by atoms with van der Waals surface area (Å²) in [6.45, 7) is 3.41. The zero-order chi connectivity index (χ0) is 14.1. The lowest BCUT2D eigenvalue weighted by atomic mass is 9.78. The Morgan fingerprint density at radius 1 is 1.27 bits per heavy atom. The van der Waals surface area contributed by atoms with Crippen molar-refractivity contribution in [3.8, 4) is 5.75 Å². The van der Waals surface area contributed by atoms with Gasteiger partial charge in [0.2, 0.25) is 0 Å². The maximum absolute atomic E-state index is 5.60. The number of methoxy groups -OCH3 is 1. The van der Waals surface area contributed by atoms with Crippen molar-refractivity contribution in [1.29, 1.82) is 0 Å². The number of rotatable bonds is 2. The van der Waals surface area contributed by atoms with Crippen molar-refractivity contribution in [2.24, 2.45) is 5.92 Å². The Labute approximate surface area is 159 Å². The Kier molecular flexibility index (Phi) is 8.23. The second-order valence-corrected chi connectivity index (χ2v) is 7.12. The molecular formula is C16H25Cl2IN2O. The lowest BCUT2D eigenvalue weighted by molar-refractivity contribution is 0.132. The van der Waals surface area contributed by atoms with Crippen LogP contribution < -0.4 is 10.1 Å². The molecule has 1 fully saturated rings. The fraction of sp³-hybridized carbons (Fsp3) is 0.625. The lowest BCUT2D eigenvalue weighted by Crippen LogP contribution is -2.53. The molecule has 6 heteroatoms. The summed E-state index contributed by atoms with van der Waals surface area (Å²) in [5, 5.41) is 3.55. The van der Waals surface area contributed by atoms with E-state index in [1.54, 1.807) is 7.11 Å². The van der Waals surface area contributed by atoms with Crippen LogP contribution in [0, 0.1) is 9.49 Å². The van der Waals surface area contributed by atoms with Gasteiger partial charge in [-0.15, -0.1) is 24.8 Å². The lowest BCUT2D eigenvalue weighted by Gasteiger charge is -2.40. The van der Waals surface area contributed by atoms with E-state index in [-0.39, 0.29) is 24.8 Å². The second kappa shape index (κ2) is 8.92. The van der Waals surface area contributed by atoms with Gasteiger partial charge >= 0.3 is 0 Å². The van der Waals surface area contributed by atoms with Crippen LogP contribution in [0.1, 0.15) is 17.5 Å². The van der Waals surface area contributed by atoms with Gasteiger partial charge in [-0.05, 0) is 78.1 Å². The molecule has 1 aromatic carbocycles. The van der Waals surface area contributed by atoms with E-state index in [4.69, 9.17) is 4.74 Å². The molecule has 2 atom stereocenters. The van der Waals surface area contributed by atoms with Crippen LogP contribution in [0.3, 0.4) is 0 Å². The number of nitrogens with one attached hydrogen (secondary N) is 1. The average molecular weight is 459 g/mol. The summed E-state index contributed by atoms with van der Waals surface area (Å²) in [6.07, 6.45) is 3.65. The Balaban J connectivity index is 0.00000121. The van der Waals surface area contributed by atoms with Gasteiger partial charge in [0.15, 0.2) is 0 Å². The quantitative estimate of drug-likeness (QED) is 0.689. The molecule has 0 aromatic heterocycles. The van der Waals surface area contributed by atoms with E-state index in [9.17, 15) is 0 Å². The van der Waals surface area contributed by atoms with E-state index in [0.717, 1.165) is 37.7 Å². The van der Waals surface area contributed by atoms with Crippen LogP contribution in [-0.4, -0.2) is 44.7 Å². The van der Waals surface area contributed by atoms with Crippen molar-refractivity contribution < 1.29 is 4.74 Å². The summed E-state index contributed by atoms with van der Waals surface area (Å²) in [4.78, 5) is 2.53. The van der Waals surface area contributed by atoms with Gasteiger partial charge in [-0.2, -0.15) is 0 Å². The maximum atomic E-state index is 5.60. The first-order valence-corrected chi connectivity index (χ1v) is 8.53. The first-order valence-electron chi connectivity index (χ1n) is 7.46. The number of halogens is 3. The van der Waals surface area contributed by atoms with Crippen molar-refractivity contribution in [2.45, 2.75) is 25.3 Å². The second-order valence-electron chi connectivity index (χ2n) is 5.96. The number of benzene rings is 1. The first kappa shape index (κ1) is 20.3. The number of ether oxygens (including phenoxy) is 1. The van der Waals surface area contributed by atoms with E-state index in [2.05, 4.69) is 52.0 Å². The SMILES string of the molecule is COc1ccc(I)c2c1CC(C1CNCCN1C)CC2.Cl.Cl. The molecule has 22 heavy (non-hydrogen) atoms. The van der Waals surface area contributed by atoms with Crippen LogP contribution in [0.5, 0.6) is 5.75 Å². The molecule has 3 rings (SSSR count). The summed E-state index contributed by atoms with van der Waals surface area (Å²) >= 11 is 2.46. The van der Waals surface area contributed by atoms with Gasteiger partial charge in [0, 0.05) is 29.2 Å². The topological polar surface area (TPSA) is 24.5 Å². The van der Waals surface area contributed by atoms with Gasteiger partial charge in [0.1, 0.15) is 5.75 Å². The smallest absolute Gasteiger partial charge is 0.122 e. The Bertz CT molecular complexity index is 501. The molecule has 0 radical (unpaired) electrons. The molecule has 0 saturated carbocycles. The van der Waals surface area contributed by atoms with Gasteiger partial charge < -0.3 is 15.0 Å². The number of nitrogens with zero attached hydrogens (tertiary/aromatic N) is 1. The third-order valence-electron chi connectivity index (χ3n) is 4.89. The van der Waals surface area contributed by atoms with Crippen molar-refractivity contribution in [3.05, 3.63) is 26.8 Å². The highest BCUT2D eigenvalue weighted by Gasteiger charge is 2.32. The number of likely N-dealkylation sites (N-methyl/N-ethyl adjacent to an activating group) is 1. The fourth-order valence-electron chi connectivity index (χ4n) is 3.70. The molecule has 1 aliphatic carbocycles. The predicted octanol–water partition coefficient (Wildman–Crippen LogP) is 3.15. The van der Waals surface area contributed by atoms with Crippen LogP contribution in [0.2, 0.25) is 0 Å². The molecule has 0 spiro atoms. The Morgan fingerprint density at radius 2 is 2.05 bits per heavy atom. The van der Waals surface area contributed by atoms with E-state index in [1.165, 1.54) is 27.5 Å². The zero-order valence-corrected chi connectivity index (χ0v) is 16.9. The van der Waals surface area contributed by atoms with E-state index < -0.39 is 0 Å². The summed E-state index contributed by atoms with van der Waals surface area (Å²) in [6, 6.07) is 4.98. The van der Waals surface area contributed by atoms with E-state index >= 15 is 0 Å². The molecule has 126 valence electrons. The Hall–Kier alpha value is 0.250. The highest BCUT2D eigenvalue weighted by atomic mass is 127. The van der Waals surface area contributed by atoms with Gasteiger partial charge in [-0.1, -0.05) is 0 Å². The third-order valence-corrected chi connectivity index (χ3v) is 5.90. The normalized spacial score (nSPS) is 24.7. The maximum Gasteiger partial charge on any atom is 0.122 e. The van der Waals surface area contributed by atoms with Crippen molar-refractivity contribution in [2.75, 3.05) is 33.8 Å². The number of fused-ring (bicyclic) bond motifs is 1. The van der Waals surface area contributed by atoms with Crippen LogP contribution in [0.25, 0.3) is 0 Å². The van der Waals surface area contributed by atoms with Crippen LogP contribution in [-0.2, 0) is 12.8 Å². The van der Waals surface area contributed by atoms with Crippen LogP contribution >= 0.6 is 47.4 Å². The molecule has 1 aliphatic heterocycles. The molecular weight excluding hydrogens is 434 g/mol. The highest BCUT2D eigenvalue weighted by molar-refractivity contribution is 14.1. The number of hydrogen-bond donors (Lipinski definition) is 1. The first-order chi connectivity index (χ1) is 9.70. The standard InChI is InChI=1S/C16H23IN2O.2ClH/c1-19-8-7-18-10-15(19)11-3-4-12-13(9-11)16(20-2)6-5-14(12)17;;/h5-6,11,15,18H,3-4,7-10H2,1-2H3;2*1H. The minimum absolute atomic E-state index is 0. The fourth-order valence-corrected chi connectivity index (χ4v) is 4.48. The summed E-state index contributed by atoms with van der Waals surface area (Å²) < 4.78 is 6.99. The summed E-state index contributed by atoms with van der Waals surface area (Å²) in [5.74, 6) is 1.82. The molecule has 3 nitrogen and oxygen atoms in total. The molecule has 1 N–H and O–H groups in total. The number of piperazine rings is 1.